The Hall–Kier alpha value is -3.19. The Morgan fingerprint density at radius 1 is 1.15 bits per heavy atom. The second-order valence-corrected chi connectivity index (χ2v) is 9.85. The molecule has 1 fully saturated rings. The van der Waals surface area contributed by atoms with Gasteiger partial charge >= 0.3 is 6.09 Å². The zero-order valence-corrected chi connectivity index (χ0v) is 19.7. The number of fused-ring (bicyclic) bond motifs is 1. The van der Waals surface area contributed by atoms with Crippen LogP contribution < -0.4 is 10.3 Å². The Labute approximate surface area is 193 Å². The van der Waals surface area contributed by atoms with Gasteiger partial charge in [0.2, 0.25) is 0 Å². The Morgan fingerprint density at radius 3 is 2.42 bits per heavy atom. The number of methoxy groups -OCH3 is 1. The number of aromatic nitrogens is 2. The fraction of sp³-hybridized carbons (Fsp3) is 0.423. The van der Waals surface area contributed by atoms with Gasteiger partial charge in [-0.2, -0.15) is 9.89 Å². The number of quaternary nitrogens is 1. The van der Waals surface area contributed by atoms with Crippen molar-refractivity contribution in [3.8, 4) is 5.75 Å². The highest BCUT2D eigenvalue weighted by atomic mass is 16.5. The Kier molecular flexibility index (Phi) is 6.01. The van der Waals surface area contributed by atoms with E-state index in [0.717, 1.165) is 35.2 Å². The number of hydrogen-bond donors (Lipinski definition) is 1. The minimum absolute atomic E-state index is 0.0538. The molecule has 1 unspecified atom stereocenters. The van der Waals surface area contributed by atoms with Crippen LogP contribution in [0.25, 0.3) is 10.8 Å². The normalized spacial score (nSPS) is 20.8. The Bertz CT molecular complexity index is 1230. The number of likely N-dealkylation sites (tertiary alicyclic amines) is 1. The molecule has 2 aromatic carbocycles. The van der Waals surface area contributed by atoms with E-state index in [1.165, 1.54) is 4.68 Å². The maximum atomic E-state index is 13.4. The van der Waals surface area contributed by atoms with Crippen LogP contribution in [0.4, 0.5) is 4.79 Å². The van der Waals surface area contributed by atoms with Gasteiger partial charge in [0.25, 0.3) is 5.56 Å². The van der Waals surface area contributed by atoms with Gasteiger partial charge in [-0.05, 0) is 44.5 Å². The molecule has 1 aromatic heterocycles. The third kappa shape index (κ3) is 4.02. The summed E-state index contributed by atoms with van der Waals surface area (Å²) in [5, 5.41) is 16.5. The van der Waals surface area contributed by atoms with Gasteiger partial charge in [0, 0.05) is 24.6 Å². The smallest absolute Gasteiger partial charge is 0.497 e. The first-order valence-electron chi connectivity index (χ1n) is 11.4. The third-order valence-corrected chi connectivity index (χ3v) is 7.07. The number of carbonyl (C=O) groups is 1. The molecule has 174 valence electrons. The van der Waals surface area contributed by atoms with Crippen LogP contribution in [0.5, 0.6) is 5.75 Å². The van der Waals surface area contributed by atoms with E-state index < -0.39 is 11.6 Å². The van der Waals surface area contributed by atoms with E-state index in [1.807, 2.05) is 69.3 Å². The second kappa shape index (κ2) is 8.63. The van der Waals surface area contributed by atoms with Crippen LogP contribution in [0.3, 0.4) is 0 Å². The largest absolute Gasteiger partial charge is 0.514 e. The van der Waals surface area contributed by atoms with Gasteiger partial charge in [-0.3, -0.25) is 4.79 Å². The van der Waals surface area contributed by atoms with Gasteiger partial charge in [0.1, 0.15) is 17.3 Å². The summed E-state index contributed by atoms with van der Waals surface area (Å²) in [5.74, 6) is 0.785. The summed E-state index contributed by atoms with van der Waals surface area (Å²) in [6.07, 6.45) is 1.29. The van der Waals surface area contributed by atoms with Crippen molar-refractivity contribution in [2.75, 3.05) is 13.7 Å². The van der Waals surface area contributed by atoms with Crippen molar-refractivity contribution in [1.29, 1.82) is 0 Å². The van der Waals surface area contributed by atoms with Crippen molar-refractivity contribution in [1.82, 2.24) is 9.78 Å². The van der Waals surface area contributed by atoms with Gasteiger partial charge < -0.3 is 9.84 Å². The zero-order valence-electron chi connectivity index (χ0n) is 19.7. The summed E-state index contributed by atoms with van der Waals surface area (Å²) in [7, 11) is 1.64. The number of rotatable bonds is 5. The molecule has 7 nitrogen and oxygen atoms in total. The van der Waals surface area contributed by atoms with Crippen molar-refractivity contribution >= 4 is 16.9 Å². The van der Waals surface area contributed by atoms with Crippen LogP contribution in [-0.2, 0) is 13.0 Å². The molecule has 0 bridgehead atoms. The van der Waals surface area contributed by atoms with Crippen molar-refractivity contribution in [3.05, 3.63) is 70.1 Å². The molecule has 1 aliphatic rings. The van der Waals surface area contributed by atoms with Crippen LogP contribution in [0.2, 0.25) is 0 Å². The fourth-order valence-electron chi connectivity index (χ4n) is 5.33. The van der Waals surface area contributed by atoms with Crippen LogP contribution in [0.15, 0.2) is 53.3 Å². The molecule has 1 aliphatic heterocycles. The zero-order chi connectivity index (χ0) is 23.8. The van der Waals surface area contributed by atoms with E-state index >= 15 is 0 Å². The lowest BCUT2D eigenvalue weighted by Gasteiger charge is -2.44. The number of hydrogen-bond acceptors (Lipinski definition) is 4. The summed E-state index contributed by atoms with van der Waals surface area (Å²) < 4.78 is 6.70. The van der Waals surface area contributed by atoms with Crippen molar-refractivity contribution in [2.24, 2.45) is 0 Å². The van der Waals surface area contributed by atoms with Crippen LogP contribution >= 0.6 is 0 Å². The quantitative estimate of drug-likeness (QED) is 0.581. The van der Waals surface area contributed by atoms with Gasteiger partial charge in [-0.1, -0.05) is 30.3 Å². The van der Waals surface area contributed by atoms with Crippen molar-refractivity contribution < 1.29 is 19.1 Å². The molecule has 0 aliphatic carbocycles. The summed E-state index contributed by atoms with van der Waals surface area (Å²) in [6.45, 7) is 6.73. The summed E-state index contributed by atoms with van der Waals surface area (Å²) in [6, 6.07) is 15.1. The SMILES string of the molecule is COc1ccc(Cc2nn(C[C@H]3CCC[N+]3(C(=O)O)C(C)(C)C)c(=O)c3ccccc23)cc1. The Balaban J connectivity index is 1.77. The molecule has 3 aromatic rings. The molecule has 0 saturated carbocycles. The maximum Gasteiger partial charge on any atom is 0.514 e. The predicted octanol–water partition coefficient (Wildman–Crippen LogP) is 4.45. The first-order valence-corrected chi connectivity index (χ1v) is 11.4. The summed E-state index contributed by atoms with van der Waals surface area (Å²) >= 11 is 0. The van der Waals surface area contributed by atoms with Gasteiger partial charge in [0.15, 0.2) is 0 Å². The fourth-order valence-corrected chi connectivity index (χ4v) is 5.33. The molecular formula is C26H32N3O4+. The van der Waals surface area contributed by atoms with E-state index in [2.05, 4.69) is 0 Å². The first-order chi connectivity index (χ1) is 15.7. The highest BCUT2D eigenvalue weighted by molar-refractivity contribution is 5.83. The minimum atomic E-state index is -0.836. The minimum Gasteiger partial charge on any atom is -0.497 e. The van der Waals surface area contributed by atoms with Crippen LogP contribution in [-0.4, -0.2) is 50.7 Å². The molecule has 1 N–H and O–H groups in total. The number of nitrogens with zero attached hydrogens (tertiary/aromatic N) is 3. The van der Waals surface area contributed by atoms with Crippen LogP contribution in [0, 0.1) is 0 Å². The van der Waals surface area contributed by atoms with Crippen LogP contribution in [0.1, 0.15) is 44.9 Å². The summed E-state index contributed by atoms with van der Waals surface area (Å²) in [5.41, 5.74) is 1.20. The highest BCUT2D eigenvalue weighted by Crippen LogP contribution is 2.37. The molecule has 1 amide bonds. The van der Waals surface area contributed by atoms with E-state index in [9.17, 15) is 14.7 Å². The number of amides is 1. The second-order valence-electron chi connectivity index (χ2n) is 9.85. The number of benzene rings is 2. The molecule has 0 radical (unpaired) electrons. The van der Waals surface area contributed by atoms with Gasteiger partial charge in [0.05, 0.1) is 31.3 Å². The maximum absolute atomic E-state index is 13.4. The van der Waals surface area contributed by atoms with Crippen molar-refractivity contribution in [2.45, 2.75) is 58.2 Å². The number of carboxylic acid groups (broad SMARTS) is 1. The lowest BCUT2D eigenvalue weighted by molar-refractivity contribution is -0.915. The van der Waals surface area contributed by atoms with Crippen molar-refractivity contribution in [3.63, 3.8) is 0 Å². The summed E-state index contributed by atoms with van der Waals surface area (Å²) in [4.78, 5) is 25.8. The van der Waals surface area contributed by atoms with E-state index in [1.54, 1.807) is 7.11 Å². The van der Waals surface area contributed by atoms with E-state index in [4.69, 9.17) is 9.84 Å². The van der Waals surface area contributed by atoms with Gasteiger partial charge in [-0.25, -0.2) is 9.16 Å². The molecule has 1 saturated heterocycles. The molecule has 2 atom stereocenters. The highest BCUT2D eigenvalue weighted by Gasteiger charge is 2.56. The Morgan fingerprint density at radius 2 is 1.82 bits per heavy atom. The lowest BCUT2D eigenvalue weighted by atomic mass is 9.99. The molecule has 7 heteroatoms. The van der Waals surface area contributed by atoms with E-state index in [0.29, 0.717) is 18.4 Å². The average Bonchev–Trinajstić information content (AvgIpc) is 3.22. The standard InChI is InChI=1S/C26H31N3O4/c1-26(2,3)29(25(31)32)15-7-8-19(29)17-28-24(30)22-10-6-5-9-21(22)23(27-28)16-18-11-13-20(33-4)14-12-18/h5-6,9-14,19H,7-8,15-17H2,1-4H3/p+1/t19-,29?/m1/s1. The lowest BCUT2D eigenvalue weighted by Crippen LogP contribution is -2.66. The third-order valence-electron chi connectivity index (χ3n) is 7.07. The molecule has 33 heavy (non-hydrogen) atoms. The molecular weight excluding hydrogens is 418 g/mol. The van der Waals surface area contributed by atoms with Gasteiger partial charge in [-0.15, -0.1) is 0 Å². The average molecular weight is 451 g/mol. The molecule has 0 spiro atoms. The predicted molar refractivity (Wildman–Crippen MR) is 128 cm³/mol. The first kappa shape index (κ1) is 23.0. The molecule has 4 rings (SSSR count). The monoisotopic (exact) mass is 450 g/mol. The number of ether oxygens (including phenoxy) is 1. The topological polar surface area (TPSA) is 81.4 Å². The van der Waals surface area contributed by atoms with E-state index in [-0.39, 0.29) is 22.6 Å². The molecule has 2 heterocycles.